The number of nitrogens with zero attached hydrogens (tertiary/aromatic N) is 2. The molecular weight excluding hydrogens is 282 g/mol. The van der Waals surface area contributed by atoms with Crippen LogP contribution in [0, 0.1) is 20.8 Å². The Kier molecular flexibility index (Phi) is 5.33. The number of aromatic nitrogens is 2. The van der Waals surface area contributed by atoms with Crippen molar-refractivity contribution in [3.8, 4) is 0 Å². The van der Waals surface area contributed by atoms with Crippen LogP contribution in [0.1, 0.15) is 23.2 Å². The highest BCUT2D eigenvalue weighted by atomic mass is 32.2. The van der Waals surface area contributed by atoms with Gasteiger partial charge in [-0.15, -0.1) is 11.8 Å². The molecule has 4 nitrogen and oxygen atoms in total. The number of aryl methyl sites for hydroxylation is 3. The molecule has 2 aromatic rings. The van der Waals surface area contributed by atoms with Gasteiger partial charge in [-0.25, -0.2) is 9.97 Å². The minimum Gasteiger partial charge on any atom is -0.326 e. The Morgan fingerprint density at radius 2 is 2.00 bits per heavy atom. The van der Waals surface area contributed by atoms with E-state index in [-0.39, 0.29) is 5.91 Å². The van der Waals surface area contributed by atoms with Crippen molar-refractivity contribution in [3.63, 3.8) is 0 Å². The van der Waals surface area contributed by atoms with Crippen LogP contribution in [-0.2, 0) is 4.79 Å². The van der Waals surface area contributed by atoms with E-state index < -0.39 is 0 Å². The predicted molar refractivity (Wildman–Crippen MR) is 86.7 cm³/mol. The third-order valence-corrected chi connectivity index (χ3v) is 3.94. The molecule has 1 amide bonds. The van der Waals surface area contributed by atoms with Crippen LogP contribution in [0.2, 0.25) is 0 Å². The van der Waals surface area contributed by atoms with Crippen molar-refractivity contribution in [1.82, 2.24) is 9.97 Å². The Balaban J connectivity index is 1.82. The van der Waals surface area contributed by atoms with E-state index in [4.69, 9.17) is 0 Å². The van der Waals surface area contributed by atoms with E-state index in [1.807, 2.05) is 39.0 Å². The van der Waals surface area contributed by atoms with Gasteiger partial charge in [0.05, 0.1) is 5.03 Å². The highest BCUT2D eigenvalue weighted by molar-refractivity contribution is 7.99. The number of hydrogen-bond donors (Lipinski definition) is 1. The lowest BCUT2D eigenvalue weighted by atomic mass is 10.1. The fraction of sp³-hybridized carbons (Fsp3) is 0.312. The predicted octanol–water partition coefficient (Wildman–Crippen LogP) is 3.52. The van der Waals surface area contributed by atoms with Crippen LogP contribution in [0.4, 0.5) is 5.69 Å². The molecule has 1 aromatic heterocycles. The van der Waals surface area contributed by atoms with E-state index in [1.54, 1.807) is 18.1 Å². The Labute approximate surface area is 129 Å². The van der Waals surface area contributed by atoms with E-state index in [9.17, 15) is 4.79 Å². The summed E-state index contributed by atoms with van der Waals surface area (Å²) in [6, 6.07) is 7.94. The number of rotatable bonds is 5. The van der Waals surface area contributed by atoms with Crippen molar-refractivity contribution in [2.24, 2.45) is 0 Å². The zero-order chi connectivity index (χ0) is 15.2. The van der Waals surface area contributed by atoms with Crippen LogP contribution < -0.4 is 5.32 Å². The molecule has 1 aromatic carbocycles. The summed E-state index contributed by atoms with van der Waals surface area (Å²) in [5.41, 5.74) is 4.10. The van der Waals surface area contributed by atoms with Crippen LogP contribution in [0.15, 0.2) is 35.6 Å². The van der Waals surface area contributed by atoms with Gasteiger partial charge < -0.3 is 5.32 Å². The lowest BCUT2D eigenvalue weighted by Gasteiger charge is -2.09. The monoisotopic (exact) mass is 301 g/mol. The van der Waals surface area contributed by atoms with Gasteiger partial charge in [0.15, 0.2) is 0 Å². The van der Waals surface area contributed by atoms with Gasteiger partial charge in [0.1, 0.15) is 6.33 Å². The summed E-state index contributed by atoms with van der Waals surface area (Å²) < 4.78 is 0. The first-order valence-corrected chi connectivity index (χ1v) is 7.82. The molecule has 5 heteroatoms. The van der Waals surface area contributed by atoms with Crippen molar-refractivity contribution >= 4 is 23.4 Å². The number of amides is 1. The quantitative estimate of drug-likeness (QED) is 0.678. The molecule has 0 spiro atoms. The second-order valence-corrected chi connectivity index (χ2v) is 6.08. The van der Waals surface area contributed by atoms with Gasteiger partial charge in [0.25, 0.3) is 0 Å². The first-order valence-electron chi connectivity index (χ1n) is 6.83. The fourth-order valence-electron chi connectivity index (χ4n) is 1.92. The SMILES string of the molecule is Cc1ccc(NC(=O)CCSc2cc(C)ncn2)c(C)c1. The maximum absolute atomic E-state index is 11.9. The highest BCUT2D eigenvalue weighted by Crippen LogP contribution is 2.18. The van der Waals surface area contributed by atoms with Crippen LogP contribution in [-0.4, -0.2) is 21.6 Å². The van der Waals surface area contributed by atoms with E-state index in [0.717, 1.165) is 22.0 Å². The molecule has 0 bridgehead atoms. The molecule has 2 rings (SSSR count). The molecule has 0 unspecified atom stereocenters. The average Bonchev–Trinajstić information content (AvgIpc) is 2.42. The fourth-order valence-corrected chi connectivity index (χ4v) is 2.80. The molecule has 0 aliphatic heterocycles. The maximum Gasteiger partial charge on any atom is 0.225 e. The van der Waals surface area contributed by atoms with Crippen molar-refractivity contribution in [2.45, 2.75) is 32.2 Å². The Bertz CT molecular complexity index is 643. The first kappa shape index (κ1) is 15.5. The van der Waals surface area contributed by atoms with Gasteiger partial charge >= 0.3 is 0 Å². The number of carbonyl (C=O) groups is 1. The van der Waals surface area contributed by atoms with Crippen LogP contribution >= 0.6 is 11.8 Å². The van der Waals surface area contributed by atoms with Gasteiger partial charge in [-0.3, -0.25) is 4.79 Å². The van der Waals surface area contributed by atoms with Crippen molar-refractivity contribution < 1.29 is 4.79 Å². The summed E-state index contributed by atoms with van der Waals surface area (Å²) in [4.78, 5) is 20.2. The third kappa shape index (κ3) is 4.86. The minimum atomic E-state index is 0.0280. The molecule has 21 heavy (non-hydrogen) atoms. The molecule has 0 saturated heterocycles. The number of anilines is 1. The summed E-state index contributed by atoms with van der Waals surface area (Å²) >= 11 is 1.57. The summed E-state index contributed by atoms with van der Waals surface area (Å²) in [6.07, 6.45) is 2.01. The number of thioether (sulfide) groups is 1. The number of hydrogen-bond acceptors (Lipinski definition) is 4. The van der Waals surface area contributed by atoms with E-state index in [1.165, 1.54) is 5.56 Å². The number of carbonyl (C=O) groups excluding carboxylic acids is 1. The molecule has 1 heterocycles. The Hall–Kier alpha value is -1.88. The minimum absolute atomic E-state index is 0.0280. The van der Waals surface area contributed by atoms with Gasteiger partial charge in [0.2, 0.25) is 5.91 Å². The van der Waals surface area contributed by atoms with E-state index in [2.05, 4.69) is 21.4 Å². The van der Waals surface area contributed by atoms with Crippen molar-refractivity contribution in [1.29, 1.82) is 0 Å². The van der Waals surface area contributed by atoms with Gasteiger partial charge in [-0.2, -0.15) is 0 Å². The molecule has 1 N–H and O–H groups in total. The number of nitrogens with one attached hydrogen (secondary N) is 1. The summed E-state index contributed by atoms with van der Waals surface area (Å²) in [7, 11) is 0. The highest BCUT2D eigenvalue weighted by Gasteiger charge is 2.06. The maximum atomic E-state index is 11.9. The number of benzene rings is 1. The molecule has 110 valence electrons. The standard InChI is InChI=1S/C16H19N3OS/c1-11-4-5-14(12(2)8-11)19-15(20)6-7-21-16-9-13(3)17-10-18-16/h4-5,8-10H,6-7H2,1-3H3,(H,19,20). The zero-order valence-corrected chi connectivity index (χ0v) is 13.3. The van der Waals surface area contributed by atoms with E-state index >= 15 is 0 Å². The average molecular weight is 301 g/mol. The first-order chi connectivity index (χ1) is 10.0. The molecule has 0 aliphatic rings. The second-order valence-electron chi connectivity index (χ2n) is 4.96. The summed E-state index contributed by atoms with van der Waals surface area (Å²) in [5, 5.41) is 3.85. The van der Waals surface area contributed by atoms with Crippen molar-refractivity contribution in [2.75, 3.05) is 11.1 Å². The molecule has 0 saturated carbocycles. The second kappa shape index (κ2) is 7.22. The van der Waals surface area contributed by atoms with Crippen LogP contribution in [0.25, 0.3) is 0 Å². The van der Waals surface area contributed by atoms with Crippen LogP contribution in [0.3, 0.4) is 0 Å². The normalized spacial score (nSPS) is 10.4. The third-order valence-electron chi connectivity index (χ3n) is 3.01. The van der Waals surface area contributed by atoms with Gasteiger partial charge in [0, 0.05) is 23.6 Å². The van der Waals surface area contributed by atoms with Crippen molar-refractivity contribution in [3.05, 3.63) is 47.4 Å². The van der Waals surface area contributed by atoms with Gasteiger partial charge in [-0.05, 0) is 38.5 Å². The molecule has 0 fully saturated rings. The zero-order valence-electron chi connectivity index (χ0n) is 12.5. The molecule has 0 atom stereocenters. The lowest BCUT2D eigenvalue weighted by molar-refractivity contribution is -0.115. The van der Waals surface area contributed by atoms with Crippen LogP contribution in [0.5, 0.6) is 0 Å². The molecule has 0 radical (unpaired) electrons. The Morgan fingerprint density at radius 1 is 1.19 bits per heavy atom. The van der Waals surface area contributed by atoms with E-state index in [0.29, 0.717) is 12.2 Å². The largest absolute Gasteiger partial charge is 0.326 e. The summed E-state index contributed by atoms with van der Waals surface area (Å²) in [6.45, 7) is 5.97. The van der Waals surface area contributed by atoms with Gasteiger partial charge in [-0.1, -0.05) is 17.7 Å². The smallest absolute Gasteiger partial charge is 0.225 e. The summed E-state index contributed by atoms with van der Waals surface area (Å²) in [5.74, 6) is 0.730. The topological polar surface area (TPSA) is 54.9 Å². The molecular formula is C16H19N3OS. The molecule has 0 aliphatic carbocycles. The lowest BCUT2D eigenvalue weighted by Crippen LogP contribution is -2.13. The Morgan fingerprint density at radius 3 is 2.71 bits per heavy atom.